The molecule has 0 aliphatic heterocycles. The van der Waals surface area contributed by atoms with Crippen molar-refractivity contribution in [1.29, 1.82) is 0 Å². The molecule has 82 valence electrons. The number of hydrogen-bond donors (Lipinski definition) is 1. The van der Waals surface area contributed by atoms with E-state index in [0.29, 0.717) is 0 Å². The Labute approximate surface area is 92.0 Å². The molecule has 1 aromatic carbocycles. The average molecular weight is 205 g/mol. The molecular formula is C13H19NO. The lowest BCUT2D eigenvalue weighted by atomic mass is 10.0. The van der Waals surface area contributed by atoms with Gasteiger partial charge in [-0.3, -0.25) is 0 Å². The molecule has 2 nitrogen and oxygen atoms in total. The van der Waals surface area contributed by atoms with Gasteiger partial charge in [-0.25, -0.2) is 0 Å². The first-order valence-electron chi connectivity index (χ1n) is 5.15. The third-order valence-corrected chi connectivity index (χ3v) is 2.57. The van der Waals surface area contributed by atoms with Gasteiger partial charge in [0, 0.05) is 18.7 Å². The van der Waals surface area contributed by atoms with Crippen LogP contribution in [-0.2, 0) is 6.54 Å². The normalized spacial score (nSPS) is 10.1. The quantitative estimate of drug-likeness (QED) is 0.589. The second kappa shape index (κ2) is 5.56. The van der Waals surface area contributed by atoms with E-state index in [-0.39, 0.29) is 0 Å². The molecule has 0 unspecified atom stereocenters. The summed E-state index contributed by atoms with van der Waals surface area (Å²) in [5.74, 6) is 0.992. The highest BCUT2D eigenvalue weighted by Gasteiger charge is 2.07. The predicted molar refractivity (Wildman–Crippen MR) is 64.4 cm³/mol. The minimum absolute atomic E-state index is 0.816. The Balaban J connectivity index is 2.87. The van der Waals surface area contributed by atoms with Gasteiger partial charge in [0.2, 0.25) is 0 Å². The summed E-state index contributed by atoms with van der Waals surface area (Å²) in [6, 6.07) is 4.24. The summed E-state index contributed by atoms with van der Waals surface area (Å²) in [6.45, 7) is 9.49. The highest BCUT2D eigenvalue weighted by Crippen LogP contribution is 2.25. The monoisotopic (exact) mass is 205 g/mol. The molecule has 2 heteroatoms. The molecule has 1 aromatic rings. The van der Waals surface area contributed by atoms with E-state index in [4.69, 9.17) is 4.74 Å². The number of nitrogens with one attached hydrogen (secondary N) is 1. The third-order valence-electron chi connectivity index (χ3n) is 2.57. The van der Waals surface area contributed by atoms with Gasteiger partial charge in [0.25, 0.3) is 0 Å². The molecule has 0 fully saturated rings. The fourth-order valence-corrected chi connectivity index (χ4v) is 1.58. The van der Waals surface area contributed by atoms with Crippen LogP contribution in [-0.4, -0.2) is 13.7 Å². The van der Waals surface area contributed by atoms with Gasteiger partial charge in [0.05, 0.1) is 7.11 Å². The smallest absolute Gasteiger partial charge is 0.126 e. The molecule has 1 rings (SSSR count). The van der Waals surface area contributed by atoms with Crippen molar-refractivity contribution in [3.63, 3.8) is 0 Å². The summed E-state index contributed by atoms with van der Waals surface area (Å²) < 4.78 is 5.42. The largest absolute Gasteiger partial charge is 0.496 e. The number of methoxy groups -OCH3 is 1. The molecule has 0 heterocycles. The van der Waals surface area contributed by atoms with E-state index in [1.165, 1.54) is 16.7 Å². The van der Waals surface area contributed by atoms with E-state index in [0.717, 1.165) is 18.8 Å². The van der Waals surface area contributed by atoms with Gasteiger partial charge < -0.3 is 10.1 Å². The summed E-state index contributed by atoms with van der Waals surface area (Å²) in [7, 11) is 1.72. The lowest BCUT2D eigenvalue weighted by Crippen LogP contribution is -2.13. The number of ether oxygens (including phenoxy) is 1. The van der Waals surface area contributed by atoms with E-state index < -0.39 is 0 Å². The summed E-state index contributed by atoms with van der Waals surface area (Å²) in [6.07, 6.45) is 1.85. The highest BCUT2D eigenvalue weighted by atomic mass is 16.5. The first-order chi connectivity index (χ1) is 7.20. The first kappa shape index (κ1) is 11.8. The maximum atomic E-state index is 5.42. The standard InChI is InChI=1S/C13H19NO/c1-5-8-14-9-12-7-6-10(2)11(3)13(12)15-4/h5-7,14H,1,8-9H2,2-4H3. The van der Waals surface area contributed by atoms with Crippen LogP contribution in [0.2, 0.25) is 0 Å². The van der Waals surface area contributed by atoms with Crippen LogP contribution in [0.1, 0.15) is 16.7 Å². The lowest BCUT2D eigenvalue weighted by Gasteiger charge is -2.13. The Morgan fingerprint density at radius 2 is 2.13 bits per heavy atom. The molecule has 0 bridgehead atoms. The van der Waals surface area contributed by atoms with Gasteiger partial charge in [-0.15, -0.1) is 6.58 Å². The Morgan fingerprint density at radius 1 is 1.40 bits per heavy atom. The minimum atomic E-state index is 0.816. The highest BCUT2D eigenvalue weighted by molar-refractivity contribution is 5.45. The van der Waals surface area contributed by atoms with Crippen molar-refractivity contribution in [2.75, 3.05) is 13.7 Å². The van der Waals surface area contributed by atoms with Crippen LogP contribution in [0.3, 0.4) is 0 Å². The van der Waals surface area contributed by atoms with Crippen LogP contribution in [0.5, 0.6) is 5.75 Å². The van der Waals surface area contributed by atoms with Crippen LogP contribution < -0.4 is 10.1 Å². The molecule has 0 saturated heterocycles. The van der Waals surface area contributed by atoms with E-state index in [9.17, 15) is 0 Å². The van der Waals surface area contributed by atoms with Crippen LogP contribution in [0.25, 0.3) is 0 Å². The molecule has 0 spiro atoms. The number of rotatable bonds is 5. The molecule has 0 saturated carbocycles. The molecule has 0 aliphatic rings. The Kier molecular flexibility index (Phi) is 4.37. The second-order valence-corrected chi connectivity index (χ2v) is 3.62. The van der Waals surface area contributed by atoms with Gasteiger partial charge in [-0.2, -0.15) is 0 Å². The van der Waals surface area contributed by atoms with Gasteiger partial charge in [-0.1, -0.05) is 18.2 Å². The SMILES string of the molecule is C=CCNCc1ccc(C)c(C)c1OC. The lowest BCUT2D eigenvalue weighted by molar-refractivity contribution is 0.404. The zero-order valence-corrected chi connectivity index (χ0v) is 9.76. The van der Waals surface area contributed by atoms with Crippen LogP contribution >= 0.6 is 0 Å². The van der Waals surface area contributed by atoms with Crippen molar-refractivity contribution in [3.05, 3.63) is 41.5 Å². The van der Waals surface area contributed by atoms with Crippen molar-refractivity contribution < 1.29 is 4.74 Å². The van der Waals surface area contributed by atoms with E-state index >= 15 is 0 Å². The van der Waals surface area contributed by atoms with Crippen molar-refractivity contribution in [1.82, 2.24) is 5.32 Å². The zero-order chi connectivity index (χ0) is 11.3. The van der Waals surface area contributed by atoms with Crippen molar-refractivity contribution in [2.24, 2.45) is 0 Å². The third kappa shape index (κ3) is 2.83. The predicted octanol–water partition coefficient (Wildman–Crippen LogP) is 2.59. The first-order valence-corrected chi connectivity index (χ1v) is 5.15. The summed E-state index contributed by atoms with van der Waals surface area (Å²) >= 11 is 0. The molecule has 0 atom stereocenters. The van der Waals surface area contributed by atoms with Crippen molar-refractivity contribution in [3.8, 4) is 5.75 Å². The molecule has 0 aliphatic carbocycles. The summed E-state index contributed by atoms with van der Waals surface area (Å²) in [4.78, 5) is 0. The number of aryl methyl sites for hydroxylation is 1. The Morgan fingerprint density at radius 3 is 2.73 bits per heavy atom. The molecule has 0 aromatic heterocycles. The van der Waals surface area contributed by atoms with Gasteiger partial charge in [-0.05, 0) is 25.0 Å². The molecule has 15 heavy (non-hydrogen) atoms. The average Bonchev–Trinajstić information content (AvgIpc) is 2.24. The van der Waals surface area contributed by atoms with Gasteiger partial charge >= 0.3 is 0 Å². The maximum Gasteiger partial charge on any atom is 0.126 e. The van der Waals surface area contributed by atoms with Crippen LogP contribution in [0.4, 0.5) is 0 Å². The molecule has 0 amide bonds. The molecular weight excluding hydrogens is 186 g/mol. The maximum absolute atomic E-state index is 5.42. The van der Waals surface area contributed by atoms with Crippen molar-refractivity contribution >= 4 is 0 Å². The molecule has 0 radical (unpaired) electrons. The van der Waals surface area contributed by atoms with E-state index in [2.05, 4.69) is 37.9 Å². The molecule has 1 N–H and O–H groups in total. The fraction of sp³-hybridized carbons (Fsp3) is 0.385. The fourth-order valence-electron chi connectivity index (χ4n) is 1.58. The van der Waals surface area contributed by atoms with Crippen LogP contribution in [0, 0.1) is 13.8 Å². The zero-order valence-electron chi connectivity index (χ0n) is 9.76. The topological polar surface area (TPSA) is 21.3 Å². The van der Waals surface area contributed by atoms with Crippen molar-refractivity contribution in [2.45, 2.75) is 20.4 Å². The minimum Gasteiger partial charge on any atom is -0.496 e. The summed E-state index contributed by atoms with van der Waals surface area (Å²) in [5, 5.41) is 3.27. The van der Waals surface area contributed by atoms with Crippen LogP contribution in [0.15, 0.2) is 24.8 Å². The second-order valence-electron chi connectivity index (χ2n) is 3.62. The number of hydrogen-bond acceptors (Lipinski definition) is 2. The van der Waals surface area contributed by atoms with Gasteiger partial charge in [0.15, 0.2) is 0 Å². The van der Waals surface area contributed by atoms with Gasteiger partial charge in [0.1, 0.15) is 5.75 Å². The summed E-state index contributed by atoms with van der Waals surface area (Å²) in [5.41, 5.74) is 3.68. The van der Waals surface area contributed by atoms with E-state index in [1.54, 1.807) is 7.11 Å². The Hall–Kier alpha value is -1.28. The van der Waals surface area contributed by atoms with E-state index in [1.807, 2.05) is 6.08 Å². The Bertz CT molecular complexity index is 345. The number of benzene rings is 1.